The predicted molar refractivity (Wildman–Crippen MR) is 151 cm³/mol. The number of hydrogen-bond acceptors (Lipinski definition) is 4. The summed E-state index contributed by atoms with van der Waals surface area (Å²) < 4.78 is 5.92. The topological polar surface area (TPSA) is 63.6 Å². The summed E-state index contributed by atoms with van der Waals surface area (Å²) in [6.45, 7) is 0. The van der Waals surface area contributed by atoms with Crippen molar-refractivity contribution in [1.82, 2.24) is 0 Å². The van der Waals surface area contributed by atoms with Gasteiger partial charge in [-0.25, -0.2) is 4.79 Å². The highest BCUT2D eigenvalue weighted by Crippen LogP contribution is 2.47. The van der Waals surface area contributed by atoms with E-state index < -0.39 is 5.97 Å². The van der Waals surface area contributed by atoms with Crippen molar-refractivity contribution in [1.29, 1.82) is 0 Å². The minimum absolute atomic E-state index is 0.207. The molecule has 0 saturated heterocycles. The van der Waals surface area contributed by atoms with Gasteiger partial charge in [0.1, 0.15) is 11.5 Å². The van der Waals surface area contributed by atoms with E-state index in [2.05, 4.69) is 0 Å². The summed E-state index contributed by atoms with van der Waals surface area (Å²) in [4.78, 5) is 24.7. The first-order valence-electron chi connectivity index (χ1n) is 12.2. The number of para-hydroxylation sites is 2. The first-order valence-corrected chi connectivity index (χ1v) is 12.2. The average molecular weight is 495 g/mol. The van der Waals surface area contributed by atoms with Crippen LogP contribution in [-0.2, 0) is 0 Å². The molecule has 182 valence electrons. The molecule has 6 rings (SSSR count). The van der Waals surface area contributed by atoms with Crippen molar-refractivity contribution < 1.29 is 19.4 Å². The standard InChI is InChI=1S/C34H22O4/c35-21-22-11-1-2-12-23(22)34(37)38-31-20-10-8-18-29(31)33-26-15-5-3-13-24(26)32(25-14-4-6-16-27(25)33)28-17-7-9-19-30(28)36/h1-21,36H. The van der Waals surface area contributed by atoms with Crippen LogP contribution in [0.2, 0.25) is 0 Å². The van der Waals surface area contributed by atoms with Gasteiger partial charge in [0.2, 0.25) is 0 Å². The van der Waals surface area contributed by atoms with Gasteiger partial charge in [0.15, 0.2) is 6.29 Å². The quantitative estimate of drug-likeness (QED) is 0.114. The molecule has 4 heteroatoms. The van der Waals surface area contributed by atoms with E-state index in [-0.39, 0.29) is 16.9 Å². The number of benzene rings is 6. The number of carbonyl (C=O) groups excluding carboxylic acids is 2. The van der Waals surface area contributed by atoms with Gasteiger partial charge in [0.25, 0.3) is 0 Å². The zero-order chi connectivity index (χ0) is 26.1. The van der Waals surface area contributed by atoms with Gasteiger partial charge in [-0.3, -0.25) is 4.79 Å². The van der Waals surface area contributed by atoms with Crippen LogP contribution in [-0.4, -0.2) is 17.4 Å². The molecular formula is C34H22O4. The maximum atomic E-state index is 13.2. The molecule has 4 nitrogen and oxygen atoms in total. The summed E-state index contributed by atoms with van der Waals surface area (Å²) in [5, 5.41) is 14.6. The zero-order valence-corrected chi connectivity index (χ0v) is 20.3. The lowest BCUT2D eigenvalue weighted by atomic mass is 9.85. The molecule has 0 spiro atoms. The molecule has 0 saturated carbocycles. The molecule has 0 aliphatic heterocycles. The van der Waals surface area contributed by atoms with Gasteiger partial charge in [-0.2, -0.15) is 0 Å². The van der Waals surface area contributed by atoms with Gasteiger partial charge in [0, 0.05) is 27.8 Å². The van der Waals surface area contributed by atoms with Crippen LogP contribution in [0.1, 0.15) is 20.7 Å². The van der Waals surface area contributed by atoms with Gasteiger partial charge >= 0.3 is 5.97 Å². The second kappa shape index (κ2) is 9.68. The number of phenols is 1. The van der Waals surface area contributed by atoms with Crippen LogP contribution in [0.3, 0.4) is 0 Å². The highest BCUT2D eigenvalue weighted by Gasteiger charge is 2.21. The zero-order valence-electron chi connectivity index (χ0n) is 20.3. The largest absolute Gasteiger partial charge is 0.507 e. The lowest BCUT2D eigenvalue weighted by Crippen LogP contribution is -2.11. The highest BCUT2D eigenvalue weighted by atomic mass is 16.5. The SMILES string of the molecule is O=Cc1ccccc1C(=O)Oc1ccccc1-c1c2ccccc2c(-c2ccccc2O)c2ccccc12. The van der Waals surface area contributed by atoms with Crippen LogP contribution in [0.5, 0.6) is 11.5 Å². The van der Waals surface area contributed by atoms with E-state index in [0.29, 0.717) is 12.0 Å². The van der Waals surface area contributed by atoms with Crippen molar-refractivity contribution in [2.24, 2.45) is 0 Å². The van der Waals surface area contributed by atoms with Gasteiger partial charge in [-0.1, -0.05) is 103 Å². The van der Waals surface area contributed by atoms with Crippen molar-refractivity contribution in [3.05, 3.63) is 132 Å². The first kappa shape index (κ1) is 23.2. The molecule has 0 aliphatic rings. The predicted octanol–water partition coefficient (Wildman–Crippen LogP) is 8.06. The minimum Gasteiger partial charge on any atom is -0.507 e. The van der Waals surface area contributed by atoms with Crippen LogP contribution in [0.25, 0.3) is 43.8 Å². The summed E-state index contributed by atoms with van der Waals surface area (Å²) in [6, 6.07) is 37.4. The Morgan fingerprint density at radius 2 is 1.05 bits per heavy atom. The van der Waals surface area contributed by atoms with Crippen LogP contribution in [0.4, 0.5) is 0 Å². The Hall–Kier alpha value is -5.22. The van der Waals surface area contributed by atoms with Gasteiger partial charge in [-0.05, 0) is 39.7 Å². The van der Waals surface area contributed by atoms with Crippen molar-refractivity contribution in [2.75, 3.05) is 0 Å². The lowest BCUT2D eigenvalue weighted by molar-refractivity contribution is 0.0732. The lowest BCUT2D eigenvalue weighted by Gasteiger charge is -2.19. The van der Waals surface area contributed by atoms with E-state index in [1.165, 1.54) is 0 Å². The Kier molecular flexibility index (Phi) is 5.91. The third-order valence-corrected chi connectivity index (χ3v) is 6.77. The third-order valence-electron chi connectivity index (χ3n) is 6.77. The fourth-order valence-corrected chi connectivity index (χ4v) is 5.10. The van der Waals surface area contributed by atoms with E-state index >= 15 is 0 Å². The van der Waals surface area contributed by atoms with Crippen LogP contribution >= 0.6 is 0 Å². The Morgan fingerprint density at radius 1 is 0.579 bits per heavy atom. The molecule has 6 aromatic rings. The molecule has 6 aromatic carbocycles. The normalized spacial score (nSPS) is 10.9. The number of carbonyl (C=O) groups is 2. The van der Waals surface area contributed by atoms with E-state index in [1.54, 1.807) is 36.4 Å². The Bertz CT molecular complexity index is 1790. The van der Waals surface area contributed by atoms with Crippen molar-refractivity contribution >= 4 is 33.8 Å². The number of fused-ring (bicyclic) bond motifs is 2. The van der Waals surface area contributed by atoms with Crippen LogP contribution in [0, 0.1) is 0 Å². The minimum atomic E-state index is -0.598. The molecule has 0 aromatic heterocycles. The smallest absolute Gasteiger partial charge is 0.344 e. The Balaban J connectivity index is 1.62. The average Bonchev–Trinajstić information content (AvgIpc) is 2.97. The summed E-state index contributed by atoms with van der Waals surface area (Å²) in [7, 11) is 0. The number of aromatic hydroxyl groups is 1. The monoisotopic (exact) mass is 494 g/mol. The second-order valence-corrected chi connectivity index (χ2v) is 8.95. The molecule has 1 N–H and O–H groups in total. The first-order chi connectivity index (χ1) is 18.7. The van der Waals surface area contributed by atoms with E-state index in [9.17, 15) is 14.7 Å². The molecule has 38 heavy (non-hydrogen) atoms. The number of esters is 1. The molecule has 0 aliphatic carbocycles. The highest BCUT2D eigenvalue weighted by molar-refractivity contribution is 6.22. The molecule has 0 fully saturated rings. The summed E-state index contributed by atoms with van der Waals surface area (Å²) in [5.74, 6) is 0.00198. The number of aldehydes is 1. The molecular weight excluding hydrogens is 472 g/mol. The van der Waals surface area contributed by atoms with E-state index in [1.807, 2.05) is 84.9 Å². The third kappa shape index (κ3) is 3.89. The summed E-state index contributed by atoms with van der Waals surface area (Å²) in [5.41, 5.74) is 3.84. The van der Waals surface area contributed by atoms with Crippen molar-refractivity contribution in [3.63, 3.8) is 0 Å². The number of ether oxygens (including phenoxy) is 1. The molecule has 0 unspecified atom stereocenters. The van der Waals surface area contributed by atoms with Crippen molar-refractivity contribution in [2.45, 2.75) is 0 Å². The van der Waals surface area contributed by atoms with E-state index in [0.717, 1.165) is 43.8 Å². The maximum Gasteiger partial charge on any atom is 0.344 e. The molecule has 0 radical (unpaired) electrons. The molecule has 0 heterocycles. The van der Waals surface area contributed by atoms with Gasteiger partial charge in [-0.15, -0.1) is 0 Å². The Morgan fingerprint density at radius 3 is 1.66 bits per heavy atom. The number of phenolic OH excluding ortho intramolecular Hbond substituents is 1. The van der Waals surface area contributed by atoms with Crippen LogP contribution < -0.4 is 4.74 Å². The second-order valence-electron chi connectivity index (χ2n) is 8.95. The van der Waals surface area contributed by atoms with Crippen molar-refractivity contribution in [3.8, 4) is 33.8 Å². The van der Waals surface area contributed by atoms with Gasteiger partial charge < -0.3 is 9.84 Å². The number of rotatable bonds is 5. The fraction of sp³-hybridized carbons (Fsp3) is 0. The summed E-state index contributed by atoms with van der Waals surface area (Å²) >= 11 is 0. The molecule has 0 amide bonds. The van der Waals surface area contributed by atoms with E-state index in [4.69, 9.17) is 4.74 Å². The Labute approximate surface area is 219 Å². The van der Waals surface area contributed by atoms with Crippen LogP contribution in [0.15, 0.2) is 121 Å². The molecule has 0 atom stereocenters. The van der Waals surface area contributed by atoms with Gasteiger partial charge in [0.05, 0.1) is 5.56 Å². The number of hydrogen-bond donors (Lipinski definition) is 1. The fourth-order valence-electron chi connectivity index (χ4n) is 5.10. The maximum absolute atomic E-state index is 13.2. The summed E-state index contributed by atoms with van der Waals surface area (Å²) in [6.07, 6.45) is 0.654. The molecule has 0 bridgehead atoms.